The number of rotatable bonds is 18. The number of aliphatic hydroxyl groups excluding tert-OH is 1. The number of aliphatic hydroxyl groups is 1. The van der Waals surface area contributed by atoms with Gasteiger partial charge in [0.2, 0.25) is 0 Å². The molecule has 0 aromatic carbocycles. The van der Waals surface area contributed by atoms with E-state index in [9.17, 15) is 14.7 Å². The third-order valence-corrected chi connectivity index (χ3v) is 5.53. The van der Waals surface area contributed by atoms with Crippen LogP contribution in [0.2, 0.25) is 0 Å². The minimum absolute atomic E-state index is 0.161. The van der Waals surface area contributed by atoms with E-state index in [0.717, 1.165) is 19.3 Å². The first-order valence-electron chi connectivity index (χ1n) is 10.8. The van der Waals surface area contributed by atoms with Crippen molar-refractivity contribution >= 4 is 23.7 Å². The van der Waals surface area contributed by atoms with Crippen LogP contribution in [0.4, 0.5) is 0 Å². The lowest BCUT2D eigenvalue weighted by molar-refractivity contribution is -0.138. The summed E-state index contributed by atoms with van der Waals surface area (Å²) >= 11 is 1.34. The van der Waals surface area contributed by atoms with Gasteiger partial charge in [-0.3, -0.25) is 9.59 Å². The third-order valence-electron chi connectivity index (χ3n) is 4.12. The van der Waals surface area contributed by atoms with Crippen molar-refractivity contribution in [3.05, 3.63) is 72.9 Å². The van der Waals surface area contributed by atoms with E-state index < -0.39 is 24.1 Å². The molecule has 0 fully saturated rings. The lowest BCUT2D eigenvalue weighted by Gasteiger charge is -2.19. The first kappa shape index (κ1) is 29.7. The van der Waals surface area contributed by atoms with E-state index in [0.29, 0.717) is 12.8 Å². The van der Waals surface area contributed by atoms with E-state index in [-0.39, 0.29) is 17.4 Å². The smallest absolute Gasteiger partial charge is 0.321 e. The minimum Gasteiger partial charge on any atom is -0.481 e. The summed E-state index contributed by atoms with van der Waals surface area (Å²) in [5, 5.41) is 27.7. The van der Waals surface area contributed by atoms with Gasteiger partial charge in [0, 0.05) is 17.4 Å². The highest BCUT2D eigenvalue weighted by Crippen LogP contribution is 2.20. The van der Waals surface area contributed by atoms with Crippen LogP contribution in [0.5, 0.6) is 0 Å². The molecule has 0 radical (unpaired) electrons. The van der Waals surface area contributed by atoms with Gasteiger partial charge in [-0.15, -0.1) is 11.8 Å². The lowest BCUT2D eigenvalue weighted by atomic mass is 10.1. The fourth-order valence-electron chi connectivity index (χ4n) is 2.35. The third kappa shape index (κ3) is 18.4. The summed E-state index contributed by atoms with van der Waals surface area (Å²) < 4.78 is 0. The zero-order valence-corrected chi connectivity index (χ0v) is 19.6. The van der Waals surface area contributed by atoms with Crippen molar-refractivity contribution in [2.75, 3.05) is 5.75 Å². The Morgan fingerprint density at radius 1 is 0.906 bits per heavy atom. The van der Waals surface area contributed by atoms with Gasteiger partial charge in [-0.25, -0.2) is 0 Å². The van der Waals surface area contributed by atoms with Crippen LogP contribution in [-0.4, -0.2) is 50.4 Å². The Labute approximate surface area is 196 Å². The van der Waals surface area contributed by atoms with Gasteiger partial charge in [-0.2, -0.15) is 0 Å². The molecule has 7 heteroatoms. The molecule has 5 N–H and O–H groups in total. The average molecular weight is 464 g/mol. The van der Waals surface area contributed by atoms with Crippen molar-refractivity contribution in [2.45, 2.75) is 62.8 Å². The number of carboxylic acids is 2. The van der Waals surface area contributed by atoms with Crippen LogP contribution < -0.4 is 5.73 Å². The molecule has 0 unspecified atom stereocenters. The van der Waals surface area contributed by atoms with E-state index in [1.807, 2.05) is 79.8 Å². The molecule has 0 amide bonds. The fraction of sp³-hybridized carbons (Fsp3) is 0.440. The summed E-state index contributed by atoms with van der Waals surface area (Å²) in [4.78, 5) is 21.3. The molecular formula is C25H37NO5S. The molecule has 0 saturated carbocycles. The molecule has 0 aliphatic heterocycles. The van der Waals surface area contributed by atoms with Crippen molar-refractivity contribution in [3.8, 4) is 0 Å². The van der Waals surface area contributed by atoms with Crippen LogP contribution in [0.1, 0.15) is 45.4 Å². The maximum Gasteiger partial charge on any atom is 0.321 e. The molecule has 0 aromatic heterocycles. The highest BCUT2D eigenvalue weighted by molar-refractivity contribution is 8.00. The monoisotopic (exact) mass is 463 g/mol. The first-order chi connectivity index (χ1) is 15.4. The van der Waals surface area contributed by atoms with E-state index in [2.05, 4.69) is 0 Å². The number of hydrogen-bond acceptors (Lipinski definition) is 5. The van der Waals surface area contributed by atoms with Crippen molar-refractivity contribution in [1.29, 1.82) is 0 Å². The minimum atomic E-state index is -1.05. The van der Waals surface area contributed by atoms with Crippen LogP contribution in [-0.2, 0) is 9.59 Å². The number of hydrogen-bond donors (Lipinski definition) is 4. The Hall–Kier alpha value is -2.35. The Balaban J connectivity index is 4.44. The van der Waals surface area contributed by atoms with Gasteiger partial charge in [-0.05, 0) is 32.1 Å². The van der Waals surface area contributed by atoms with Gasteiger partial charge in [0.05, 0.1) is 6.10 Å². The normalized spacial score (nSPS) is 15.7. The number of carboxylic acid groups (broad SMARTS) is 2. The molecule has 0 spiro atoms. The Morgan fingerprint density at radius 2 is 1.56 bits per heavy atom. The number of nitrogens with two attached hydrogens (primary N) is 1. The quantitative estimate of drug-likeness (QED) is 0.172. The van der Waals surface area contributed by atoms with Gasteiger partial charge in [-0.1, -0.05) is 79.8 Å². The largest absolute Gasteiger partial charge is 0.481 e. The van der Waals surface area contributed by atoms with Crippen molar-refractivity contribution < 1.29 is 24.9 Å². The van der Waals surface area contributed by atoms with Gasteiger partial charge in [0.1, 0.15) is 6.04 Å². The molecule has 0 rings (SSSR count). The second kappa shape index (κ2) is 20.5. The molecule has 3 atom stereocenters. The molecule has 0 saturated heterocycles. The number of allylic oxidation sites excluding steroid dienone is 10. The van der Waals surface area contributed by atoms with E-state index in [1.165, 1.54) is 11.8 Å². The number of aliphatic carboxylic acids is 2. The Kier molecular flexibility index (Phi) is 19.0. The van der Waals surface area contributed by atoms with Gasteiger partial charge in [0.25, 0.3) is 0 Å². The predicted molar refractivity (Wildman–Crippen MR) is 134 cm³/mol. The maximum atomic E-state index is 10.9. The average Bonchev–Trinajstić information content (AvgIpc) is 2.75. The zero-order valence-electron chi connectivity index (χ0n) is 18.8. The van der Waals surface area contributed by atoms with Crippen LogP contribution in [0, 0.1) is 0 Å². The van der Waals surface area contributed by atoms with Gasteiger partial charge in [0.15, 0.2) is 0 Å². The maximum absolute atomic E-state index is 10.9. The molecule has 178 valence electrons. The summed E-state index contributed by atoms with van der Waals surface area (Å²) in [5.41, 5.74) is 5.58. The van der Waals surface area contributed by atoms with E-state index >= 15 is 0 Å². The van der Waals surface area contributed by atoms with Crippen LogP contribution in [0.3, 0.4) is 0 Å². The molecule has 0 heterocycles. The fourth-order valence-corrected chi connectivity index (χ4v) is 3.45. The first-order valence-corrected chi connectivity index (χ1v) is 11.9. The standard InChI is InChI=1S/C25H37NO5S/c1-2-3-14-17-22(27)23(32-20-21(26)25(30)31)18-15-12-10-8-6-4-5-7-9-11-13-16-19-24(28)29/h3,5-8,10-15,18,21-23,27H,2,4,9,16-17,19-20,26H2,1H3,(H,28,29)(H,30,31)/b7-5-,8-6-,12-10+,13-11-,14-3-,18-15+/t21-,22-,23+/m0/s1. The van der Waals surface area contributed by atoms with E-state index in [4.69, 9.17) is 15.9 Å². The van der Waals surface area contributed by atoms with Gasteiger partial charge >= 0.3 is 11.9 Å². The molecule has 32 heavy (non-hydrogen) atoms. The second-order valence-corrected chi connectivity index (χ2v) is 8.18. The van der Waals surface area contributed by atoms with Crippen molar-refractivity contribution in [1.82, 2.24) is 0 Å². The zero-order chi connectivity index (χ0) is 24.0. The predicted octanol–water partition coefficient (Wildman–Crippen LogP) is 4.64. The highest BCUT2D eigenvalue weighted by Gasteiger charge is 2.19. The molecule has 0 bridgehead atoms. The molecule has 0 aliphatic rings. The van der Waals surface area contributed by atoms with Crippen LogP contribution in [0.25, 0.3) is 0 Å². The van der Waals surface area contributed by atoms with E-state index in [1.54, 1.807) is 0 Å². The number of thioether (sulfide) groups is 1. The van der Waals surface area contributed by atoms with Crippen LogP contribution in [0.15, 0.2) is 72.9 Å². The summed E-state index contributed by atoms with van der Waals surface area (Å²) in [6.45, 7) is 2.03. The lowest BCUT2D eigenvalue weighted by Crippen LogP contribution is -2.34. The molecule has 0 aromatic rings. The summed E-state index contributed by atoms with van der Waals surface area (Å²) in [7, 11) is 0. The molecule has 6 nitrogen and oxygen atoms in total. The van der Waals surface area contributed by atoms with Crippen molar-refractivity contribution in [3.63, 3.8) is 0 Å². The molecule has 0 aliphatic carbocycles. The summed E-state index contributed by atoms with van der Waals surface area (Å²) in [5.74, 6) is -1.60. The van der Waals surface area contributed by atoms with Crippen molar-refractivity contribution in [2.24, 2.45) is 5.73 Å². The van der Waals surface area contributed by atoms with Gasteiger partial charge < -0.3 is 21.1 Å². The van der Waals surface area contributed by atoms with Crippen LogP contribution >= 0.6 is 11.8 Å². The summed E-state index contributed by atoms with van der Waals surface area (Å²) in [6.07, 6.45) is 26.3. The Bertz CT molecular complexity index is 694. The Morgan fingerprint density at radius 3 is 2.22 bits per heavy atom. The molecular weight excluding hydrogens is 426 g/mol. The highest BCUT2D eigenvalue weighted by atomic mass is 32.2. The summed E-state index contributed by atoms with van der Waals surface area (Å²) in [6, 6.07) is -0.957. The topological polar surface area (TPSA) is 121 Å². The number of carbonyl (C=O) groups is 2. The SMILES string of the molecule is CC/C=C\C[C@H](O)[C@@H](/C=C/C=C/C=C\C/C=C\C/C=C\CCC(=O)O)SC[C@H](N)C(=O)O. The second-order valence-electron chi connectivity index (χ2n) is 6.97.